The van der Waals surface area contributed by atoms with Gasteiger partial charge in [0.1, 0.15) is 6.10 Å². The van der Waals surface area contributed by atoms with Gasteiger partial charge in [-0.1, -0.05) is 19.3 Å². The molecule has 1 heteroatoms. The maximum atomic E-state index is 4.92. The zero-order valence-electron chi connectivity index (χ0n) is 5.81. The van der Waals surface area contributed by atoms with Crippen molar-refractivity contribution < 1.29 is 4.74 Å². The zero-order chi connectivity index (χ0) is 6.53. The Hall–Kier alpha value is -0.480. The maximum absolute atomic E-state index is 4.92. The molecule has 1 heterocycles. The van der Waals surface area contributed by atoms with Gasteiger partial charge in [0.05, 0.1) is 6.61 Å². The van der Waals surface area contributed by atoms with Gasteiger partial charge in [-0.2, -0.15) is 0 Å². The molecule has 1 aliphatic rings. The first-order chi connectivity index (χ1) is 4.43. The standard InChI is InChI=1S/C8H12O/c1-2-3-4-5-6-8-7-9-8/h8H,2-4,7H2,1H3. The fraction of sp³-hybridized carbons (Fsp3) is 0.750. The molecule has 0 aromatic heterocycles. The third-order valence-electron chi connectivity index (χ3n) is 1.25. The lowest BCUT2D eigenvalue weighted by molar-refractivity contribution is 0.445. The van der Waals surface area contributed by atoms with Crippen LogP contribution < -0.4 is 0 Å². The van der Waals surface area contributed by atoms with Gasteiger partial charge < -0.3 is 4.74 Å². The second-order valence-electron chi connectivity index (χ2n) is 2.25. The molecule has 0 N–H and O–H groups in total. The second kappa shape index (κ2) is 3.53. The molecule has 0 radical (unpaired) electrons. The van der Waals surface area contributed by atoms with E-state index in [2.05, 4.69) is 18.8 Å². The van der Waals surface area contributed by atoms with Gasteiger partial charge in [-0.25, -0.2) is 0 Å². The number of rotatable bonds is 2. The van der Waals surface area contributed by atoms with E-state index >= 15 is 0 Å². The first kappa shape index (κ1) is 6.64. The molecule has 1 unspecified atom stereocenters. The SMILES string of the molecule is CCCCC#CC1CO1. The van der Waals surface area contributed by atoms with Gasteiger partial charge in [-0.05, 0) is 6.42 Å². The van der Waals surface area contributed by atoms with Crippen molar-refractivity contribution in [1.29, 1.82) is 0 Å². The lowest BCUT2D eigenvalue weighted by atomic mass is 10.2. The molecule has 0 bridgehead atoms. The van der Waals surface area contributed by atoms with Crippen LogP contribution >= 0.6 is 0 Å². The smallest absolute Gasteiger partial charge is 0.141 e. The summed E-state index contributed by atoms with van der Waals surface area (Å²) in [7, 11) is 0. The van der Waals surface area contributed by atoms with Crippen LogP contribution in [0, 0.1) is 11.8 Å². The monoisotopic (exact) mass is 124 g/mol. The van der Waals surface area contributed by atoms with Crippen LogP contribution in [0.2, 0.25) is 0 Å². The van der Waals surface area contributed by atoms with Crippen LogP contribution in [0.1, 0.15) is 26.2 Å². The summed E-state index contributed by atoms with van der Waals surface area (Å²) in [5.74, 6) is 6.09. The summed E-state index contributed by atoms with van der Waals surface area (Å²) in [6.07, 6.45) is 3.79. The normalized spacial score (nSPS) is 22.6. The minimum absolute atomic E-state index is 0.293. The Bertz CT molecular complexity index is 125. The van der Waals surface area contributed by atoms with Crippen molar-refractivity contribution in [2.45, 2.75) is 32.3 Å². The Balaban J connectivity index is 1.96. The average Bonchev–Trinajstić information content (AvgIpc) is 2.63. The maximum Gasteiger partial charge on any atom is 0.141 e. The Morgan fingerprint density at radius 3 is 3.00 bits per heavy atom. The van der Waals surface area contributed by atoms with Gasteiger partial charge in [-0.3, -0.25) is 0 Å². The highest BCUT2D eigenvalue weighted by Crippen LogP contribution is 2.06. The van der Waals surface area contributed by atoms with Crippen molar-refractivity contribution in [3.63, 3.8) is 0 Å². The van der Waals surface area contributed by atoms with Crippen LogP contribution in [0.5, 0.6) is 0 Å². The first-order valence-corrected chi connectivity index (χ1v) is 3.53. The lowest BCUT2D eigenvalue weighted by Crippen LogP contribution is -1.74. The number of ether oxygens (including phenoxy) is 1. The summed E-state index contributed by atoms with van der Waals surface area (Å²) in [5, 5.41) is 0. The quantitative estimate of drug-likeness (QED) is 0.309. The van der Waals surface area contributed by atoms with E-state index < -0.39 is 0 Å². The highest BCUT2D eigenvalue weighted by Gasteiger charge is 2.18. The third-order valence-corrected chi connectivity index (χ3v) is 1.25. The zero-order valence-corrected chi connectivity index (χ0v) is 5.81. The van der Waals surface area contributed by atoms with Crippen LogP contribution in [0.4, 0.5) is 0 Å². The molecule has 1 atom stereocenters. The molecule has 0 aromatic carbocycles. The number of epoxide rings is 1. The highest BCUT2D eigenvalue weighted by atomic mass is 16.6. The van der Waals surface area contributed by atoms with Crippen molar-refractivity contribution in [3.05, 3.63) is 0 Å². The summed E-state index contributed by atoms with van der Waals surface area (Å²) < 4.78 is 4.92. The van der Waals surface area contributed by atoms with Crippen LogP contribution in [-0.2, 0) is 4.74 Å². The second-order valence-corrected chi connectivity index (χ2v) is 2.25. The summed E-state index contributed by atoms with van der Waals surface area (Å²) in [4.78, 5) is 0. The van der Waals surface area contributed by atoms with Crippen molar-refractivity contribution in [3.8, 4) is 11.8 Å². The predicted molar refractivity (Wildman–Crippen MR) is 37.0 cm³/mol. The topological polar surface area (TPSA) is 12.5 Å². The van der Waals surface area contributed by atoms with Crippen LogP contribution in [0.3, 0.4) is 0 Å². The predicted octanol–water partition coefficient (Wildman–Crippen LogP) is 1.58. The van der Waals surface area contributed by atoms with Crippen molar-refractivity contribution in [2.24, 2.45) is 0 Å². The lowest BCUT2D eigenvalue weighted by Gasteiger charge is -1.81. The Kier molecular flexibility index (Phi) is 2.60. The average molecular weight is 124 g/mol. The van der Waals surface area contributed by atoms with Gasteiger partial charge in [0.15, 0.2) is 0 Å². The molecule has 9 heavy (non-hydrogen) atoms. The minimum atomic E-state index is 0.293. The molecule has 0 spiro atoms. The van der Waals surface area contributed by atoms with Crippen molar-refractivity contribution in [2.75, 3.05) is 6.61 Å². The highest BCUT2D eigenvalue weighted by molar-refractivity contribution is 5.09. The van der Waals surface area contributed by atoms with E-state index in [1.807, 2.05) is 0 Å². The molecule has 0 saturated carbocycles. The summed E-state index contributed by atoms with van der Waals surface area (Å²) >= 11 is 0. The van der Waals surface area contributed by atoms with Gasteiger partial charge in [0, 0.05) is 6.42 Å². The van der Waals surface area contributed by atoms with Gasteiger partial charge >= 0.3 is 0 Å². The first-order valence-electron chi connectivity index (χ1n) is 3.53. The molecule has 1 rings (SSSR count). The third kappa shape index (κ3) is 3.16. The molecule has 1 nitrogen and oxygen atoms in total. The van der Waals surface area contributed by atoms with E-state index in [1.54, 1.807) is 0 Å². The van der Waals surface area contributed by atoms with Gasteiger partial charge in [0.25, 0.3) is 0 Å². The Labute approximate surface area is 56.4 Å². The minimum Gasteiger partial charge on any atom is -0.359 e. The fourth-order valence-corrected chi connectivity index (χ4v) is 0.583. The van der Waals surface area contributed by atoms with E-state index in [-0.39, 0.29) is 0 Å². The van der Waals surface area contributed by atoms with E-state index in [0.29, 0.717) is 6.10 Å². The van der Waals surface area contributed by atoms with Crippen LogP contribution in [0.15, 0.2) is 0 Å². The van der Waals surface area contributed by atoms with Crippen LogP contribution in [0.25, 0.3) is 0 Å². The molecule has 1 saturated heterocycles. The van der Waals surface area contributed by atoms with E-state index in [0.717, 1.165) is 13.0 Å². The molecule has 1 fully saturated rings. The van der Waals surface area contributed by atoms with E-state index in [4.69, 9.17) is 4.74 Å². The summed E-state index contributed by atoms with van der Waals surface area (Å²) in [5.41, 5.74) is 0. The van der Waals surface area contributed by atoms with Crippen LogP contribution in [-0.4, -0.2) is 12.7 Å². The number of hydrogen-bond acceptors (Lipinski definition) is 1. The van der Waals surface area contributed by atoms with Crippen molar-refractivity contribution in [1.82, 2.24) is 0 Å². The summed E-state index contributed by atoms with van der Waals surface area (Å²) in [6.45, 7) is 3.04. The van der Waals surface area contributed by atoms with E-state index in [9.17, 15) is 0 Å². The number of hydrogen-bond donors (Lipinski definition) is 0. The fourth-order valence-electron chi connectivity index (χ4n) is 0.583. The molecular weight excluding hydrogens is 112 g/mol. The largest absolute Gasteiger partial charge is 0.359 e. The molecule has 0 aliphatic carbocycles. The van der Waals surface area contributed by atoms with Gasteiger partial charge in [0.2, 0.25) is 0 Å². The van der Waals surface area contributed by atoms with Gasteiger partial charge in [-0.15, -0.1) is 5.92 Å². The Morgan fingerprint density at radius 2 is 2.44 bits per heavy atom. The molecule has 0 aromatic rings. The molecule has 0 amide bonds. The summed E-state index contributed by atoms with van der Waals surface area (Å²) in [6, 6.07) is 0. The number of unbranched alkanes of at least 4 members (excludes halogenated alkanes) is 2. The molecule has 1 aliphatic heterocycles. The molecular formula is C8H12O. The Morgan fingerprint density at radius 1 is 1.67 bits per heavy atom. The van der Waals surface area contributed by atoms with E-state index in [1.165, 1.54) is 12.8 Å². The molecule has 50 valence electrons. The van der Waals surface area contributed by atoms with Crippen molar-refractivity contribution >= 4 is 0 Å².